The van der Waals surface area contributed by atoms with Gasteiger partial charge in [-0.05, 0) is 49.1 Å². The Morgan fingerprint density at radius 2 is 2.04 bits per heavy atom. The Morgan fingerprint density at radius 1 is 1.14 bits per heavy atom. The lowest BCUT2D eigenvalue weighted by Crippen LogP contribution is -1.97. The molecule has 0 saturated heterocycles. The van der Waals surface area contributed by atoms with Gasteiger partial charge in [0.15, 0.2) is 16.6 Å². The number of thiazole rings is 1. The number of aryl methyl sites for hydroxylation is 2. The van der Waals surface area contributed by atoms with E-state index in [1.807, 2.05) is 42.1 Å². The fraction of sp³-hybridized carbons (Fsp3) is 0.200. The van der Waals surface area contributed by atoms with Crippen LogP contribution in [0.15, 0.2) is 41.9 Å². The molecule has 0 unspecified atom stereocenters. The van der Waals surface area contributed by atoms with Gasteiger partial charge in [0.2, 0.25) is 6.79 Å². The summed E-state index contributed by atoms with van der Waals surface area (Å²) in [7, 11) is 0. The van der Waals surface area contributed by atoms with Gasteiger partial charge in [0.25, 0.3) is 0 Å². The normalized spacial score (nSPS) is 12.5. The summed E-state index contributed by atoms with van der Waals surface area (Å²) in [5.41, 5.74) is 4.14. The maximum absolute atomic E-state index is 5.46. The number of nitrogens with one attached hydrogen (secondary N) is 1. The molecule has 8 heteroatoms. The summed E-state index contributed by atoms with van der Waals surface area (Å²) in [6.07, 6.45) is 1.95. The van der Waals surface area contributed by atoms with Crippen LogP contribution in [0.3, 0.4) is 0 Å². The van der Waals surface area contributed by atoms with Crippen molar-refractivity contribution in [2.75, 3.05) is 12.1 Å². The number of rotatable bonds is 5. The second-order valence-corrected chi connectivity index (χ2v) is 8.50. The summed E-state index contributed by atoms with van der Waals surface area (Å²) in [5, 5.41) is 11.2. The lowest BCUT2D eigenvalue weighted by molar-refractivity contribution is 0.174. The molecular formula is C20H18N4O2S2. The number of hydrogen-bond acceptors (Lipinski definition) is 7. The SMILES string of the molecule is Cc1ccsc1CNc1nc(C)c(-c2ccn(-c3ccc4c(c3)OCO4)n2)s1. The van der Waals surface area contributed by atoms with Gasteiger partial charge in [-0.1, -0.05) is 11.3 Å². The number of nitrogens with zero attached hydrogens (tertiary/aromatic N) is 3. The maximum atomic E-state index is 5.46. The summed E-state index contributed by atoms with van der Waals surface area (Å²) in [6, 6.07) is 9.97. The third kappa shape index (κ3) is 3.14. The first kappa shape index (κ1) is 17.3. The molecule has 0 saturated carbocycles. The Bertz CT molecular complexity index is 1150. The Labute approximate surface area is 170 Å². The zero-order valence-corrected chi connectivity index (χ0v) is 17.1. The average Bonchev–Trinajstić information content (AvgIpc) is 3.46. The van der Waals surface area contributed by atoms with E-state index in [9.17, 15) is 0 Å². The van der Waals surface area contributed by atoms with Crippen molar-refractivity contribution < 1.29 is 9.47 Å². The van der Waals surface area contributed by atoms with Crippen molar-refractivity contribution in [3.8, 4) is 27.8 Å². The molecule has 1 aliphatic heterocycles. The molecule has 1 aromatic carbocycles. The van der Waals surface area contributed by atoms with E-state index in [0.717, 1.165) is 45.1 Å². The molecule has 0 amide bonds. The van der Waals surface area contributed by atoms with Crippen LogP contribution in [0.1, 0.15) is 16.1 Å². The Kier molecular flexibility index (Phi) is 4.29. The highest BCUT2D eigenvalue weighted by Crippen LogP contribution is 2.35. The summed E-state index contributed by atoms with van der Waals surface area (Å²) in [5.74, 6) is 1.52. The van der Waals surface area contributed by atoms with Crippen molar-refractivity contribution in [3.63, 3.8) is 0 Å². The number of anilines is 1. The number of benzene rings is 1. The monoisotopic (exact) mass is 410 g/mol. The van der Waals surface area contributed by atoms with Gasteiger partial charge in [-0.15, -0.1) is 11.3 Å². The second-order valence-electron chi connectivity index (χ2n) is 6.50. The van der Waals surface area contributed by atoms with Crippen LogP contribution >= 0.6 is 22.7 Å². The van der Waals surface area contributed by atoms with E-state index in [-0.39, 0.29) is 6.79 Å². The molecule has 0 aliphatic carbocycles. The highest BCUT2D eigenvalue weighted by atomic mass is 32.1. The third-order valence-electron chi connectivity index (χ3n) is 4.61. The van der Waals surface area contributed by atoms with Gasteiger partial charge in [0.05, 0.1) is 22.8 Å². The minimum Gasteiger partial charge on any atom is -0.454 e. The van der Waals surface area contributed by atoms with Crippen LogP contribution < -0.4 is 14.8 Å². The Morgan fingerprint density at radius 3 is 2.89 bits per heavy atom. The van der Waals surface area contributed by atoms with Gasteiger partial charge in [-0.3, -0.25) is 0 Å². The van der Waals surface area contributed by atoms with E-state index in [2.05, 4.69) is 28.7 Å². The van der Waals surface area contributed by atoms with Crippen LogP contribution in [0.4, 0.5) is 5.13 Å². The Balaban J connectivity index is 1.37. The highest BCUT2D eigenvalue weighted by molar-refractivity contribution is 7.19. The maximum Gasteiger partial charge on any atom is 0.231 e. The minimum atomic E-state index is 0.268. The van der Waals surface area contributed by atoms with Gasteiger partial charge < -0.3 is 14.8 Å². The van der Waals surface area contributed by atoms with Crippen LogP contribution in [0, 0.1) is 13.8 Å². The molecule has 142 valence electrons. The van der Waals surface area contributed by atoms with Gasteiger partial charge >= 0.3 is 0 Å². The number of hydrogen-bond donors (Lipinski definition) is 1. The molecule has 0 spiro atoms. The first-order valence-corrected chi connectivity index (χ1v) is 10.6. The molecule has 5 rings (SSSR count). The molecule has 0 bridgehead atoms. The number of ether oxygens (including phenoxy) is 2. The number of aromatic nitrogens is 3. The molecule has 0 radical (unpaired) electrons. The number of thiophene rings is 1. The molecule has 28 heavy (non-hydrogen) atoms. The standard InChI is InChI=1S/C20H18N4O2S2/c1-12-6-8-27-18(12)10-21-20-22-13(2)19(28-20)15-5-7-24(23-15)14-3-4-16-17(9-14)26-11-25-16/h3-9H,10-11H2,1-2H3,(H,21,22). The molecule has 6 nitrogen and oxygen atoms in total. The van der Waals surface area contributed by atoms with E-state index in [1.165, 1.54) is 10.4 Å². The molecule has 4 aromatic rings. The van der Waals surface area contributed by atoms with Crippen molar-refractivity contribution in [1.29, 1.82) is 0 Å². The van der Waals surface area contributed by atoms with Crippen molar-refractivity contribution in [3.05, 3.63) is 58.0 Å². The smallest absolute Gasteiger partial charge is 0.231 e. The van der Waals surface area contributed by atoms with Crippen molar-refractivity contribution in [1.82, 2.24) is 14.8 Å². The third-order valence-corrected chi connectivity index (χ3v) is 6.77. The van der Waals surface area contributed by atoms with Crippen molar-refractivity contribution >= 4 is 27.8 Å². The van der Waals surface area contributed by atoms with Gasteiger partial charge in [-0.2, -0.15) is 5.10 Å². The summed E-state index contributed by atoms with van der Waals surface area (Å²) >= 11 is 3.40. The average molecular weight is 411 g/mol. The van der Waals surface area contributed by atoms with Gasteiger partial charge in [-0.25, -0.2) is 9.67 Å². The van der Waals surface area contributed by atoms with Gasteiger partial charge in [0, 0.05) is 17.1 Å². The minimum absolute atomic E-state index is 0.268. The van der Waals surface area contributed by atoms with Crippen LogP contribution in [0.25, 0.3) is 16.3 Å². The zero-order valence-electron chi connectivity index (χ0n) is 15.4. The zero-order chi connectivity index (χ0) is 19.1. The molecule has 4 heterocycles. The second kappa shape index (κ2) is 6.96. The summed E-state index contributed by atoms with van der Waals surface area (Å²) in [6.45, 7) is 5.22. The van der Waals surface area contributed by atoms with E-state index in [1.54, 1.807) is 22.7 Å². The summed E-state index contributed by atoms with van der Waals surface area (Å²) < 4.78 is 12.7. The number of fused-ring (bicyclic) bond motifs is 1. The highest BCUT2D eigenvalue weighted by Gasteiger charge is 2.16. The van der Waals surface area contributed by atoms with Crippen molar-refractivity contribution in [2.45, 2.75) is 20.4 Å². The lowest BCUT2D eigenvalue weighted by atomic mass is 10.3. The van der Waals surface area contributed by atoms with E-state index >= 15 is 0 Å². The van der Waals surface area contributed by atoms with Crippen LogP contribution in [-0.4, -0.2) is 21.6 Å². The molecule has 1 N–H and O–H groups in total. The van der Waals surface area contributed by atoms with Gasteiger partial charge in [0.1, 0.15) is 5.69 Å². The van der Waals surface area contributed by atoms with E-state index in [0.29, 0.717) is 0 Å². The fourth-order valence-electron chi connectivity index (χ4n) is 3.07. The lowest BCUT2D eigenvalue weighted by Gasteiger charge is -2.02. The quantitative estimate of drug-likeness (QED) is 0.501. The van der Waals surface area contributed by atoms with Crippen LogP contribution in [0.2, 0.25) is 0 Å². The first-order chi connectivity index (χ1) is 13.7. The van der Waals surface area contributed by atoms with E-state index in [4.69, 9.17) is 14.6 Å². The van der Waals surface area contributed by atoms with Crippen LogP contribution in [0.5, 0.6) is 11.5 Å². The van der Waals surface area contributed by atoms with Crippen LogP contribution in [-0.2, 0) is 6.54 Å². The predicted molar refractivity (Wildman–Crippen MR) is 112 cm³/mol. The van der Waals surface area contributed by atoms with Crippen molar-refractivity contribution in [2.24, 2.45) is 0 Å². The Hall–Kier alpha value is -2.84. The van der Waals surface area contributed by atoms with E-state index < -0.39 is 0 Å². The summed E-state index contributed by atoms with van der Waals surface area (Å²) in [4.78, 5) is 7.08. The topological polar surface area (TPSA) is 61.2 Å². The molecule has 0 fully saturated rings. The predicted octanol–water partition coefficient (Wildman–Crippen LogP) is 5.01. The largest absolute Gasteiger partial charge is 0.454 e. The first-order valence-electron chi connectivity index (χ1n) is 8.88. The molecule has 3 aromatic heterocycles. The molecule has 0 atom stereocenters. The molecule has 1 aliphatic rings. The molecular weight excluding hydrogens is 392 g/mol. The fourth-order valence-corrected chi connectivity index (χ4v) is 4.84.